The van der Waals surface area contributed by atoms with E-state index in [2.05, 4.69) is 10.3 Å². The molecule has 1 aromatic carbocycles. The minimum absolute atomic E-state index is 0.0661. The first-order valence-electron chi connectivity index (χ1n) is 7.75. The van der Waals surface area contributed by atoms with Crippen molar-refractivity contribution in [2.45, 2.75) is 13.0 Å². The van der Waals surface area contributed by atoms with Gasteiger partial charge < -0.3 is 10.2 Å². The van der Waals surface area contributed by atoms with Gasteiger partial charge in [0, 0.05) is 24.8 Å². The van der Waals surface area contributed by atoms with Crippen molar-refractivity contribution in [2.75, 3.05) is 11.9 Å². The highest BCUT2D eigenvalue weighted by Crippen LogP contribution is 2.24. The van der Waals surface area contributed by atoms with E-state index < -0.39 is 5.92 Å². The molecule has 1 atom stereocenters. The molecule has 0 aliphatic carbocycles. The van der Waals surface area contributed by atoms with E-state index in [-0.39, 0.29) is 23.3 Å². The number of aromatic nitrogens is 1. The van der Waals surface area contributed by atoms with Crippen molar-refractivity contribution < 1.29 is 9.59 Å². The molecule has 0 saturated carbocycles. The van der Waals surface area contributed by atoms with E-state index in [1.165, 1.54) is 6.07 Å². The maximum absolute atomic E-state index is 12.4. The Morgan fingerprint density at radius 2 is 2.24 bits per heavy atom. The summed E-state index contributed by atoms with van der Waals surface area (Å²) in [5.41, 5.74) is 1.64. The predicted octanol–water partition coefficient (Wildman–Crippen LogP) is 2.59. The van der Waals surface area contributed by atoms with Gasteiger partial charge in [-0.2, -0.15) is 5.26 Å². The van der Waals surface area contributed by atoms with E-state index in [4.69, 9.17) is 16.9 Å². The third-order valence-corrected chi connectivity index (χ3v) is 4.33. The summed E-state index contributed by atoms with van der Waals surface area (Å²) in [6, 6.07) is 12.2. The molecule has 6 nitrogen and oxygen atoms in total. The minimum Gasteiger partial charge on any atom is -0.336 e. The van der Waals surface area contributed by atoms with Crippen molar-refractivity contribution >= 4 is 29.1 Å². The normalized spacial score (nSPS) is 16.6. The maximum Gasteiger partial charge on any atom is 0.229 e. The molecule has 126 valence electrons. The van der Waals surface area contributed by atoms with Crippen molar-refractivity contribution in [3.8, 4) is 6.07 Å². The SMILES string of the molecule is N#Cc1ccc(NC(=O)C2CC(=O)N(Cc3ccccn3)C2)cc1Cl. The van der Waals surface area contributed by atoms with Gasteiger partial charge in [0.2, 0.25) is 11.8 Å². The van der Waals surface area contributed by atoms with E-state index in [9.17, 15) is 9.59 Å². The molecule has 1 aliphatic rings. The van der Waals surface area contributed by atoms with Gasteiger partial charge in [0.05, 0.1) is 28.7 Å². The summed E-state index contributed by atoms with van der Waals surface area (Å²) in [7, 11) is 0. The summed E-state index contributed by atoms with van der Waals surface area (Å²) < 4.78 is 0. The Kier molecular flexibility index (Phi) is 4.96. The highest BCUT2D eigenvalue weighted by Gasteiger charge is 2.34. The Bertz CT molecular complexity index is 848. The van der Waals surface area contributed by atoms with Gasteiger partial charge >= 0.3 is 0 Å². The van der Waals surface area contributed by atoms with Crippen molar-refractivity contribution in [3.05, 3.63) is 58.9 Å². The molecule has 0 spiro atoms. The number of hydrogen-bond donors (Lipinski definition) is 1. The minimum atomic E-state index is -0.425. The van der Waals surface area contributed by atoms with Crippen molar-refractivity contribution in [2.24, 2.45) is 5.92 Å². The number of hydrogen-bond acceptors (Lipinski definition) is 4. The zero-order valence-electron chi connectivity index (χ0n) is 13.3. The topological polar surface area (TPSA) is 86.1 Å². The Morgan fingerprint density at radius 1 is 1.40 bits per heavy atom. The zero-order chi connectivity index (χ0) is 17.8. The molecule has 0 bridgehead atoms. The zero-order valence-corrected chi connectivity index (χ0v) is 14.0. The van der Waals surface area contributed by atoms with Crippen LogP contribution < -0.4 is 5.32 Å². The summed E-state index contributed by atoms with van der Waals surface area (Å²) >= 11 is 5.97. The van der Waals surface area contributed by atoms with Crippen LogP contribution in [-0.2, 0) is 16.1 Å². The first kappa shape index (κ1) is 16.9. The summed E-state index contributed by atoms with van der Waals surface area (Å²) in [6.45, 7) is 0.747. The van der Waals surface area contributed by atoms with Crippen LogP contribution in [0.3, 0.4) is 0 Å². The molecule has 1 aliphatic heterocycles. The van der Waals surface area contributed by atoms with Crippen LogP contribution in [0.5, 0.6) is 0 Å². The Hall–Kier alpha value is -2.91. The van der Waals surface area contributed by atoms with Gasteiger partial charge in [-0.1, -0.05) is 17.7 Å². The second-order valence-corrected chi connectivity index (χ2v) is 6.20. The number of pyridine rings is 1. The molecule has 7 heteroatoms. The van der Waals surface area contributed by atoms with Crippen LogP contribution in [0.25, 0.3) is 0 Å². The number of anilines is 1. The van der Waals surface area contributed by atoms with E-state index in [1.54, 1.807) is 23.2 Å². The van der Waals surface area contributed by atoms with Gasteiger partial charge in [-0.3, -0.25) is 14.6 Å². The lowest BCUT2D eigenvalue weighted by molar-refractivity contribution is -0.128. The number of halogens is 1. The molecule has 2 heterocycles. The molecule has 2 amide bonds. The van der Waals surface area contributed by atoms with E-state index >= 15 is 0 Å². The summed E-state index contributed by atoms with van der Waals surface area (Å²) in [4.78, 5) is 30.4. The maximum atomic E-state index is 12.4. The van der Waals surface area contributed by atoms with Gasteiger partial charge in [-0.15, -0.1) is 0 Å². The summed E-state index contributed by atoms with van der Waals surface area (Å²) in [6.07, 6.45) is 1.84. The third-order valence-electron chi connectivity index (χ3n) is 4.02. The Balaban J connectivity index is 1.63. The van der Waals surface area contributed by atoms with Crippen LogP contribution in [0.1, 0.15) is 17.7 Å². The summed E-state index contributed by atoms with van der Waals surface area (Å²) in [5.74, 6) is -0.730. The van der Waals surface area contributed by atoms with Crippen LogP contribution >= 0.6 is 11.6 Å². The molecule has 25 heavy (non-hydrogen) atoms. The highest BCUT2D eigenvalue weighted by molar-refractivity contribution is 6.32. The number of benzene rings is 1. The third kappa shape index (κ3) is 3.95. The number of nitrogens with one attached hydrogen (secondary N) is 1. The molecular weight excluding hydrogens is 340 g/mol. The summed E-state index contributed by atoms with van der Waals surface area (Å²) in [5, 5.41) is 11.9. The standard InChI is InChI=1S/C18H15ClN4O2/c19-16-8-14(5-4-12(16)9-20)22-18(25)13-7-17(24)23(10-13)11-15-3-1-2-6-21-15/h1-6,8,13H,7,10-11H2,(H,22,25). The molecule has 1 N–H and O–H groups in total. The number of likely N-dealkylation sites (tertiary alicyclic amines) is 1. The quantitative estimate of drug-likeness (QED) is 0.914. The number of amides is 2. The average Bonchev–Trinajstić information content (AvgIpc) is 2.97. The smallest absolute Gasteiger partial charge is 0.229 e. The van der Waals surface area contributed by atoms with Crippen molar-refractivity contribution in [1.29, 1.82) is 5.26 Å². The first-order chi connectivity index (χ1) is 12.1. The second-order valence-electron chi connectivity index (χ2n) is 5.79. The lowest BCUT2D eigenvalue weighted by Gasteiger charge is -2.16. The fraction of sp³-hybridized carbons (Fsp3) is 0.222. The number of rotatable bonds is 4. The average molecular weight is 355 g/mol. The Morgan fingerprint density at radius 3 is 2.92 bits per heavy atom. The number of nitriles is 1. The number of carbonyl (C=O) groups is 2. The van der Waals surface area contributed by atoms with Crippen molar-refractivity contribution in [1.82, 2.24) is 9.88 Å². The van der Waals surface area contributed by atoms with Crippen LogP contribution in [-0.4, -0.2) is 28.2 Å². The van der Waals surface area contributed by atoms with Crippen LogP contribution in [0.2, 0.25) is 5.02 Å². The molecule has 0 radical (unpaired) electrons. The predicted molar refractivity (Wildman–Crippen MR) is 92.6 cm³/mol. The molecule has 1 saturated heterocycles. The van der Waals surface area contributed by atoms with E-state index in [0.29, 0.717) is 24.3 Å². The number of carbonyl (C=O) groups excluding carboxylic acids is 2. The Labute approximate surface area is 150 Å². The van der Waals surface area contributed by atoms with Crippen LogP contribution in [0, 0.1) is 17.2 Å². The van der Waals surface area contributed by atoms with Gasteiger partial charge in [-0.05, 0) is 30.3 Å². The molecule has 1 fully saturated rings. The lowest BCUT2D eigenvalue weighted by Crippen LogP contribution is -2.28. The fourth-order valence-corrected chi connectivity index (χ4v) is 2.94. The lowest BCUT2D eigenvalue weighted by atomic mass is 10.1. The van der Waals surface area contributed by atoms with Crippen LogP contribution in [0.4, 0.5) is 5.69 Å². The first-order valence-corrected chi connectivity index (χ1v) is 8.13. The van der Waals surface area contributed by atoms with E-state index in [1.807, 2.05) is 24.3 Å². The molecular formula is C18H15ClN4O2. The highest BCUT2D eigenvalue weighted by atomic mass is 35.5. The van der Waals surface area contributed by atoms with Gasteiger partial charge in [0.1, 0.15) is 6.07 Å². The van der Waals surface area contributed by atoms with E-state index in [0.717, 1.165) is 5.69 Å². The molecule has 3 rings (SSSR count). The largest absolute Gasteiger partial charge is 0.336 e. The van der Waals surface area contributed by atoms with Crippen molar-refractivity contribution in [3.63, 3.8) is 0 Å². The van der Waals surface area contributed by atoms with Gasteiger partial charge in [0.15, 0.2) is 0 Å². The van der Waals surface area contributed by atoms with Crippen LogP contribution in [0.15, 0.2) is 42.6 Å². The monoisotopic (exact) mass is 354 g/mol. The number of nitrogens with zero attached hydrogens (tertiary/aromatic N) is 3. The fourth-order valence-electron chi connectivity index (χ4n) is 2.72. The van der Waals surface area contributed by atoms with Gasteiger partial charge in [-0.25, -0.2) is 0 Å². The molecule has 2 aromatic rings. The molecule has 1 aromatic heterocycles. The molecule has 1 unspecified atom stereocenters. The van der Waals surface area contributed by atoms with Gasteiger partial charge in [0.25, 0.3) is 0 Å². The second kappa shape index (κ2) is 7.32.